The molecular weight excluding hydrogens is 484 g/mol. The van der Waals surface area contributed by atoms with Gasteiger partial charge in [-0.2, -0.15) is 4.99 Å². The summed E-state index contributed by atoms with van der Waals surface area (Å²) < 4.78 is 32.6. The summed E-state index contributed by atoms with van der Waals surface area (Å²) in [5.41, 5.74) is 2.95. The number of halogens is 1. The van der Waals surface area contributed by atoms with Crippen LogP contribution in [0.2, 0.25) is 5.02 Å². The fraction of sp³-hybridized carbons (Fsp3) is 0.348. The van der Waals surface area contributed by atoms with Crippen LogP contribution in [0.5, 0.6) is 0 Å². The number of esters is 1. The molecule has 176 valence electrons. The van der Waals surface area contributed by atoms with E-state index in [1.54, 1.807) is 11.5 Å². The van der Waals surface area contributed by atoms with Crippen LogP contribution in [0.1, 0.15) is 30.9 Å². The molecule has 2 aromatic carbocycles. The first-order chi connectivity index (χ1) is 15.6. The Morgan fingerprint density at radius 1 is 1.12 bits per heavy atom. The Bertz CT molecular complexity index is 1360. The number of hydrogen-bond acceptors (Lipinski definition) is 6. The monoisotopic (exact) mass is 508 g/mol. The summed E-state index contributed by atoms with van der Waals surface area (Å²) in [5, 5.41) is 0.452. The lowest BCUT2D eigenvalue weighted by Crippen LogP contribution is -2.23. The van der Waals surface area contributed by atoms with Gasteiger partial charge >= 0.3 is 5.97 Å². The second-order valence-electron chi connectivity index (χ2n) is 7.56. The normalized spacial score (nSPS) is 12.3. The molecule has 0 radical (unpaired) electrons. The average molecular weight is 509 g/mol. The predicted molar refractivity (Wildman–Crippen MR) is 129 cm³/mol. The van der Waals surface area contributed by atoms with E-state index in [2.05, 4.69) is 4.99 Å². The number of carbonyl (C=O) groups is 2. The third-order valence-corrected chi connectivity index (χ3v) is 8.20. The van der Waals surface area contributed by atoms with Gasteiger partial charge in [-0.15, -0.1) is 0 Å². The van der Waals surface area contributed by atoms with E-state index < -0.39 is 21.7 Å². The maximum Gasteiger partial charge on any atom is 0.326 e. The quantitative estimate of drug-likeness (QED) is 0.424. The number of ether oxygens (including phenoxy) is 1. The lowest BCUT2D eigenvalue weighted by atomic mass is 10.1. The minimum absolute atomic E-state index is 0.0292. The Balaban J connectivity index is 1.81. The smallest absolute Gasteiger partial charge is 0.326 e. The lowest BCUT2D eigenvalue weighted by molar-refractivity contribution is -0.143. The molecule has 0 aliphatic rings. The van der Waals surface area contributed by atoms with Gasteiger partial charge in [-0.3, -0.25) is 9.59 Å². The molecule has 1 amide bonds. The highest BCUT2D eigenvalue weighted by molar-refractivity contribution is 7.91. The number of nitrogens with zero attached hydrogens (tertiary/aromatic N) is 2. The van der Waals surface area contributed by atoms with Crippen molar-refractivity contribution < 1.29 is 22.7 Å². The van der Waals surface area contributed by atoms with Crippen molar-refractivity contribution in [3.05, 3.63) is 57.3 Å². The number of amides is 1. The maximum atomic E-state index is 12.6. The van der Waals surface area contributed by atoms with Crippen LogP contribution in [0.4, 0.5) is 0 Å². The Hall–Kier alpha value is -2.49. The van der Waals surface area contributed by atoms with Crippen LogP contribution < -0.4 is 4.80 Å². The van der Waals surface area contributed by atoms with Gasteiger partial charge in [-0.1, -0.05) is 22.9 Å². The van der Waals surface area contributed by atoms with Crippen LogP contribution in [-0.4, -0.2) is 37.2 Å². The second kappa shape index (κ2) is 10.6. The van der Waals surface area contributed by atoms with Gasteiger partial charge in [0.25, 0.3) is 0 Å². The summed E-state index contributed by atoms with van der Waals surface area (Å²) in [6.45, 7) is 5.90. The molecule has 0 spiro atoms. The zero-order valence-corrected chi connectivity index (χ0v) is 21.0. The third-order valence-electron chi connectivity index (χ3n) is 5.09. The molecule has 0 fully saturated rings. The van der Waals surface area contributed by atoms with Crippen LogP contribution in [0.15, 0.2) is 46.3 Å². The van der Waals surface area contributed by atoms with Gasteiger partial charge in [0.2, 0.25) is 5.91 Å². The SMILES string of the molecule is CCOC(=O)Cn1c(=NC(=O)CCCS(=O)(=O)c2ccc(Cl)cc2)sc2cc(C)c(C)cc21. The van der Waals surface area contributed by atoms with Crippen molar-refractivity contribution in [1.82, 2.24) is 4.57 Å². The molecule has 0 bridgehead atoms. The van der Waals surface area contributed by atoms with Crippen LogP contribution in [-0.2, 0) is 30.7 Å². The standard InChI is InChI=1S/C23H25ClN2O5S2/c1-4-31-22(28)14-26-19-12-15(2)16(3)13-20(19)32-23(26)25-21(27)6-5-11-33(29,30)18-9-7-17(24)8-10-18/h7-10,12-13H,4-6,11,14H2,1-3H3. The fourth-order valence-corrected chi connectivity index (χ4v) is 5.79. The second-order valence-corrected chi connectivity index (χ2v) is 11.1. The largest absolute Gasteiger partial charge is 0.465 e. The fourth-order valence-electron chi connectivity index (χ4n) is 3.23. The summed E-state index contributed by atoms with van der Waals surface area (Å²) in [4.78, 5) is 29.4. The first-order valence-electron chi connectivity index (χ1n) is 10.4. The first-order valence-corrected chi connectivity index (χ1v) is 13.3. The third kappa shape index (κ3) is 6.31. The Kier molecular flexibility index (Phi) is 8.10. The summed E-state index contributed by atoms with van der Waals surface area (Å²) in [5.74, 6) is -1.04. The van der Waals surface area contributed by atoms with E-state index in [0.29, 0.717) is 9.82 Å². The van der Waals surface area contributed by atoms with Crippen molar-refractivity contribution in [2.45, 2.75) is 45.1 Å². The summed E-state index contributed by atoms with van der Waals surface area (Å²) >= 11 is 7.12. The number of carbonyl (C=O) groups excluding carboxylic acids is 2. The molecule has 3 rings (SSSR count). The van der Waals surface area contributed by atoms with Gasteiger partial charge in [0.1, 0.15) is 6.54 Å². The number of aromatic nitrogens is 1. The molecule has 0 aliphatic heterocycles. The zero-order chi connectivity index (χ0) is 24.2. The van der Waals surface area contributed by atoms with Gasteiger partial charge in [-0.25, -0.2) is 8.42 Å². The van der Waals surface area contributed by atoms with Crippen molar-refractivity contribution in [1.29, 1.82) is 0 Å². The van der Waals surface area contributed by atoms with Gasteiger partial charge in [-0.05, 0) is 74.7 Å². The van der Waals surface area contributed by atoms with Gasteiger partial charge in [0, 0.05) is 11.4 Å². The van der Waals surface area contributed by atoms with E-state index in [-0.39, 0.29) is 36.6 Å². The molecule has 10 heteroatoms. The summed E-state index contributed by atoms with van der Waals surface area (Å²) in [6, 6.07) is 9.89. The number of rotatable bonds is 8. The molecule has 0 aliphatic carbocycles. The molecule has 0 atom stereocenters. The number of aryl methyl sites for hydroxylation is 2. The van der Waals surface area contributed by atoms with E-state index in [1.807, 2.05) is 26.0 Å². The molecule has 7 nitrogen and oxygen atoms in total. The van der Waals surface area contributed by atoms with E-state index in [4.69, 9.17) is 16.3 Å². The molecule has 0 saturated heterocycles. The molecule has 1 heterocycles. The lowest BCUT2D eigenvalue weighted by Gasteiger charge is -2.06. The molecular formula is C23H25ClN2O5S2. The Morgan fingerprint density at radius 3 is 2.45 bits per heavy atom. The van der Waals surface area contributed by atoms with Crippen LogP contribution in [0.25, 0.3) is 10.2 Å². The molecule has 0 N–H and O–H groups in total. The zero-order valence-electron chi connectivity index (χ0n) is 18.6. The van der Waals surface area contributed by atoms with Crippen molar-refractivity contribution in [3.8, 4) is 0 Å². The van der Waals surface area contributed by atoms with Gasteiger partial charge in [0.15, 0.2) is 14.6 Å². The van der Waals surface area contributed by atoms with Crippen molar-refractivity contribution in [2.75, 3.05) is 12.4 Å². The van der Waals surface area contributed by atoms with Crippen LogP contribution in [0.3, 0.4) is 0 Å². The number of fused-ring (bicyclic) bond motifs is 1. The Labute approximate surface area is 201 Å². The van der Waals surface area contributed by atoms with Gasteiger partial charge in [0.05, 0.1) is 27.5 Å². The minimum Gasteiger partial charge on any atom is -0.465 e. The van der Waals surface area contributed by atoms with Crippen LogP contribution in [0, 0.1) is 13.8 Å². The highest BCUT2D eigenvalue weighted by Gasteiger charge is 2.16. The molecule has 33 heavy (non-hydrogen) atoms. The van der Waals surface area contributed by atoms with Crippen molar-refractivity contribution >= 4 is 54.9 Å². The van der Waals surface area contributed by atoms with E-state index >= 15 is 0 Å². The van der Waals surface area contributed by atoms with E-state index in [0.717, 1.165) is 21.3 Å². The summed E-state index contributed by atoms with van der Waals surface area (Å²) in [7, 11) is -3.52. The van der Waals surface area contributed by atoms with E-state index in [9.17, 15) is 18.0 Å². The molecule has 0 unspecified atom stereocenters. The number of sulfone groups is 1. The molecule has 3 aromatic rings. The number of thiazole rings is 1. The van der Waals surface area contributed by atoms with Crippen LogP contribution >= 0.6 is 22.9 Å². The first kappa shape index (κ1) is 25.1. The Morgan fingerprint density at radius 2 is 1.79 bits per heavy atom. The van der Waals surface area contributed by atoms with E-state index in [1.165, 1.54) is 35.6 Å². The minimum atomic E-state index is -3.52. The van der Waals surface area contributed by atoms with Crippen molar-refractivity contribution in [3.63, 3.8) is 0 Å². The van der Waals surface area contributed by atoms with Crippen molar-refractivity contribution in [2.24, 2.45) is 4.99 Å². The predicted octanol–water partition coefficient (Wildman–Crippen LogP) is 4.22. The summed E-state index contributed by atoms with van der Waals surface area (Å²) in [6.07, 6.45) is 0.104. The average Bonchev–Trinajstić information content (AvgIpc) is 3.04. The number of hydrogen-bond donors (Lipinski definition) is 0. The highest BCUT2D eigenvalue weighted by atomic mass is 35.5. The highest BCUT2D eigenvalue weighted by Crippen LogP contribution is 2.22. The molecule has 0 saturated carbocycles. The molecule has 1 aromatic heterocycles. The topological polar surface area (TPSA) is 94.8 Å². The maximum absolute atomic E-state index is 12.6. The number of benzene rings is 2. The van der Waals surface area contributed by atoms with Gasteiger partial charge < -0.3 is 9.30 Å².